The molecule has 2 aliphatic heterocycles. The van der Waals surface area contributed by atoms with Crippen LogP contribution in [0.1, 0.15) is 53.4 Å². The third kappa shape index (κ3) is 6.72. The minimum absolute atomic E-state index is 0.0205. The standard InChI is InChI=1S/C24H37N3O8/c1-5-34-21(31)24-13-15(24)8-6-7-10-33-11-9-17(25-22(32)35-23(2,3)4)20(30)27-14-16(28)12-18(27)19(29)26-24/h6,8,15-18,28H,5,7,9-14H2,1-4H3,(H,25,32)(H,26,29)/b8-6-/t15-,16-,17+,18+,24-/m1/s1. The van der Waals surface area contributed by atoms with Crippen molar-refractivity contribution in [1.82, 2.24) is 15.5 Å². The number of fused-ring (bicyclic) bond motifs is 2. The highest BCUT2D eigenvalue weighted by molar-refractivity contribution is 5.96. The van der Waals surface area contributed by atoms with Crippen LogP contribution in [0.25, 0.3) is 0 Å². The van der Waals surface area contributed by atoms with Gasteiger partial charge in [0.1, 0.15) is 23.2 Å². The van der Waals surface area contributed by atoms with E-state index in [1.165, 1.54) is 4.90 Å². The summed E-state index contributed by atoms with van der Waals surface area (Å²) in [6.07, 6.45) is 3.25. The predicted octanol–water partition coefficient (Wildman–Crippen LogP) is 0.646. The minimum Gasteiger partial charge on any atom is -0.464 e. The Labute approximate surface area is 205 Å². The van der Waals surface area contributed by atoms with Crippen molar-refractivity contribution in [2.24, 2.45) is 5.92 Å². The van der Waals surface area contributed by atoms with Crippen molar-refractivity contribution in [2.75, 3.05) is 26.4 Å². The summed E-state index contributed by atoms with van der Waals surface area (Å²) in [7, 11) is 0. The molecule has 3 N–H and O–H groups in total. The Morgan fingerprint density at radius 1 is 1.31 bits per heavy atom. The van der Waals surface area contributed by atoms with E-state index in [0.717, 1.165) is 0 Å². The van der Waals surface area contributed by atoms with Crippen molar-refractivity contribution in [3.8, 4) is 0 Å². The van der Waals surface area contributed by atoms with Crippen LogP contribution in [-0.2, 0) is 28.6 Å². The van der Waals surface area contributed by atoms with Crippen molar-refractivity contribution in [1.29, 1.82) is 0 Å². The van der Waals surface area contributed by atoms with Crippen LogP contribution in [0.15, 0.2) is 12.2 Å². The average molecular weight is 496 g/mol. The van der Waals surface area contributed by atoms with Gasteiger partial charge in [0.25, 0.3) is 0 Å². The number of amides is 3. The molecular formula is C24H37N3O8. The fourth-order valence-electron chi connectivity index (χ4n) is 4.44. The average Bonchev–Trinajstić information content (AvgIpc) is 3.30. The first kappa shape index (κ1) is 26.9. The van der Waals surface area contributed by atoms with E-state index < -0.39 is 53.2 Å². The number of esters is 1. The number of nitrogens with zero attached hydrogens (tertiary/aromatic N) is 1. The Morgan fingerprint density at radius 2 is 2.06 bits per heavy atom. The summed E-state index contributed by atoms with van der Waals surface area (Å²) in [5.74, 6) is -1.82. The number of aliphatic hydroxyl groups excluding tert-OH is 1. The number of hydrogen-bond donors (Lipinski definition) is 3. The highest BCUT2D eigenvalue weighted by Gasteiger charge is 2.62. The molecule has 5 atom stereocenters. The van der Waals surface area contributed by atoms with E-state index in [2.05, 4.69) is 10.6 Å². The molecule has 3 amide bonds. The van der Waals surface area contributed by atoms with Gasteiger partial charge in [-0.1, -0.05) is 12.2 Å². The number of alkyl carbamates (subject to hydrolysis) is 1. The second-order valence-electron chi connectivity index (χ2n) is 10.2. The van der Waals surface area contributed by atoms with Crippen molar-refractivity contribution < 1.29 is 38.5 Å². The molecule has 3 rings (SSSR count). The van der Waals surface area contributed by atoms with Crippen LogP contribution in [0, 0.1) is 5.92 Å². The van der Waals surface area contributed by atoms with Gasteiger partial charge in [-0.15, -0.1) is 0 Å². The van der Waals surface area contributed by atoms with Crippen LogP contribution >= 0.6 is 0 Å². The molecule has 0 aromatic heterocycles. The lowest BCUT2D eigenvalue weighted by molar-refractivity contribution is -0.150. The molecule has 1 aliphatic carbocycles. The molecular weight excluding hydrogens is 458 g/mol. The molecule has 35 heavy (non-hydrogen) atoms. The molecule has 0 radical (unpaired) electrons. The minimum atomic E-state index is -1.19. The van der Waals surface area contributed by atoms with Gasteiger partial charge in [-0.05, 0) is 40.5 Å². The lowest BCUT2D eigenvalue weighted by Gasteiger charge is -2.30. The molecule has 2 heterocycles. The number of nitrogens with one attached hydrogen (secondary N) is 2. The van der Waals surface area contributed by atoms with E-state index in [0.29, 0.717) is 19.4 Å². The van der Waals surface area contributed by atoms with Crippen molar-refractivity contribution in [3.63, 3.8) is 0 Å². The van der Waals surface area contributed by atoms with E-state index in [-0.39, 0.29) is 38.5 Å². The Morgan fingerprint density at radius 3 is 2.74 bits per heavy atom. The largest absolute Gasteiger partial charge is 0.464 e. The molecule has 0 unspecified atom stereocenters. The van der Waals surface area contributed by atoms with Gasteiger partial charge >= 0.3 is 12.1 Å². The molecule has 0 spiro atoms. The smallest absolute Gasteiger partial charge is 0.408 e. The summed E-state index contributed by atoms with van der Waals surface area (Å²) < 4.78 is 16.2. The Balaban J connectivity index is 1.84. The first-order valence-corrected chi connectivity index (χ1v) is 12.2. The maximum Gasteiger partial charge on any atom is 0.408 e. The van der Waals surface area contributed by atoms with Gasteiger partial charge in [-0.2, -0.15) is 0 Å². The summed E-state index contributed by atoms with van der Waals surface area (Å²) in [6.45, 7) is 7.52. The van der Waals surface area contributed by atoms with E-state index >= 15 is 0 Å². The quantitative estimate of drug-likeness (QED) is 0.382. The summed E-state index contributed by atoms with van der Waals surface area (Å²) in [5.41, 5.74) is -1.95. The SMILES string of the molecule is CCOC(=O)[C@@]12C[C@H]1/C=C\CCOCC[C@H](NC(=O)OC(C)(C)C)C(=O)N1C[C@H](O)C[C@H]1C(=O)N2. The van der Waals surface area contributed by atoms with Crippen molar-refractivity contribution >= 4 is 23.9 Å². The maximum atomic E-state index is 13.5. The number of carbonyl (C=O) groups excluding carboxylic acids is 4. The number of aliphatic hydroxyl groups is 1. The predicted molar refractivity (Wildman–Crippen MR) is 124 cm³/mol. The highest BCUT2D eigenvalue weighted by atomic mass is 16.6. The van der Waals surface area contributed by atoms with E-state index in [1.807, 2.05) is 12.2 Å². The van der Waals surface area contributed by atoms with Gasteiger partial charge < -0.3 is 34.9 Å². The van der Waals surface area contributed by atoms with Crippen LogP contribution in [0.2, 0.25) is 0 Å². The molecule has 1 saturated carbocycles. The van der Waals surface area contributed by atoms with Gasteiger partial charge in [0.2, 0.25) is 11.8 Å². The van der Waals surface area contributed by atoms with Gasteiger partial charge in [0, 0.05) is 31.9 Å². The van der Waals surface area contributed by atoms with Crippen LogP contribution < -0.4 is 10.6 Å². The molecule has 1 saturated heterocycles. The summed E-state index contributed by atoms with van der Waals surface area (Å²) in [6, 6.07) is -2.01. The maximum absolute atomic E-state index is 13.5. The van der Waals surface area contributed by atoms with Gasteiger partial charge in [-0.25, -0.2) is 9.59 Å². The Hall–Kier alpha value is -2.66. The molecule has 0 aromatic carbocycles. The number of rotatable bonds is 3. The van der Waals surface area contributed by atoms with Crippen molar-refractivity contribution in [3.05, 3.63) is 12.2 Å². The fraction of sp³-hybridized carbons (Fsp3) is 0.750. The normalized spacial score (nSPS) is 32.8. The van der Waals surface area contributed by atoms with E-state index in [4.69, 9.17) is 14.2 Å². The van der Waals surface area contributed by atoms with Crippen LogP contribution in [-0.4, -0.2) is 89.6 Å². The second kappa shape index (κ2) is 10.9. The summed E-state index contributed by atoms with van der Waals surface area (Å²) >= 11 is 0. The first-order valence-electron chi connectivity index (χ1n) is 12.2. The van der Waals surface area contributed by atoms with Gasteiger partial charge in [-0.3, -0.25) is 9.59 Å². The van der Waals surface area contributed by atoms with Crippen LogP contribution in [0.5, 0.6) is 0 Å². The van der Waals surface area contributed by atoms with E-state index in [1.54, 1.807) is 27.7 Å². The zero-order chi connectivity index (χ0) is 25.8. The molecule has 11 nitrogen and oxygen atoms in total. The molecule has 0 aromatic rings. The number of ether oxygens (including phenoxy) is 3. The number of carbonyl (C=O) groups is 4. The molecule has 196 valence electrons. The second-order valence-corrected chi connectivity index (χ2v) is 10.2. The summed E-state index contributed by atoms with van der Waals surface area (Å²) in [5, 5.41) is 15.7. The lowest BCUT2D eigenvalue weighted by Crippen LogP contribution is -2.57. The van der Waals surface area contributed by atoms with Gasteiger partial charge in [0.05, 0.1) is 19.3 Å². The monoisotopic (exact) mass is 495 g/mol. The number of hydrogen-bond acceptors (Lipinski definition) is 8. The zero-order valence-corrected chi connectivity index (χ0v) is 20.9. The zero-order valence-electron chi connectivity index (χ0n) is 20.9. The topological polar surface area (TPSA) is 144 Å². The molecule has 3 aliphatic rings. The van der Waals surface area contributed by atoms with Crippen LogP contribution in [0.4, 0.5) is 4.79 Å². The Bertz CT molecular complexity index is 854. The first-order chi connectivity index (χ1) is 16.5. The molecule has 11 heteroatoms. The summed E-state index contributed by atoms with van der Waals surface area (Å²) in [4.78, 5) is 53.2. The molecule has 2 fully saturated rings. The van der Waals surface area contributed by atoms with Crippen molar-refractivity contribution in [2.45, 2.75) is 82.7 Å². The Kier molecular flexibility index (Phi) is 8.42. The van der Waals surface area contributed by atoms with Crippen LogP contribution in [0.3, 0.4) is 0 Å². The molecule has 0 bridgehead atoms. The third-order valence-electron chi connectivity index (χ3n) is 6.20. The lowest BCUT2D eigenvalue weighted by atomic mass is 10.1. The third-order valence-corrected chi connectivity index (χ3v) is 6.20. The van der Waals surface area contributed by atoms with E-state index in [9.17, 15) is 24.3 Å². The fourth-order valence-corrected chi connectivity index (χ4v) is 4.44. The highest BCUT2D eigenvalue weighted by Crippen LogP contribution is 2.46. The van der Waals surface area contributed by atoms with Gasteiger partial charge in [0.15, 0.2) is 0 Å².